The maximum absolute atomic E-state index is 12.8. The van der Waals surface area contributed by atoms with Crippen molar-refractivity contribution in [1.82, 2.24) is 5.32 Å². The molecule has 0 radical (unpaired) electrons. The maximum Gasteiger partial charge on any atom is 0.224 e. The minimum atomic E-state index is -0.590. The van der Waals surface area contributed by atoms with Gasteiger partial charge in [-0.05, 0) is 43.9 Å². The van der Waals surface area contributed by atoms with Crippen LogP contribution in [-0.2, 0) is 4.79 Å². The number of carbonyl (C=O) groups excluding carboxylic acids is 1. The van der Waals surface area contributed by atoms with Crippen LogP contribution in [0.15, 0.2) is 24.3 Å². The van der Waals surface area contributed by atoms with Gasteiger partial charge in [0.25, 0.3) is 0 Å². The number of aliphatic hydroxyl groups is 1. The molecule has 1 aliphatic rings. The lowest BCUT2D eigenvalue weighted by Gasteiger charge is -2.23. The third-order valence-electron chi connectivity index (χ3n) is 3.28. The Morgan fingerprint density at radius 1 is 1.44 bits per heavy atom. The van der Waals surface area contributed by atoms with Crippen LogP contribution < -0.4 is 5.32 Å². The van der Waals surface area contributed by atoms with Crippen LogP contribution in [0, 0.1) is 11.7 Å². The Labute approximate surface area is 106 Å². The fourth-order valence-electron chi connectivity index (χ4n) is 2.03. The fraction of sp³-hybridized carbons (Fsp3) is 0.500. The molecule has 1 amide bonds. The average Bonchev–Trinajstić information content (AvgIpc) is 3.09. The zero-order chi connectivity index (χ0) is 13.3. The number of hydrogen-bond acceptors (Lipinski definition) is 2. The van der Waals surface area contributed by atoms with E-state index >= 15 is 0 Å². The molecule has 2 rings (SSSR count). The van der Waals surface area contributed by atoms with Crippen molar-refractivity contribution in [2.45, 2.75) is 31.7 Å². The van der Waals surface area contributed by atoms with Crippen LogP contribution in [0.2, 0.25) is 0 Å². The molecule has 1 fully saturated rings. The van der Waals surface area contributed by atoms with E-state index in [9.17, 15) is 9.18 Å². The van der Waals surface area contributed by atoms with Crippen LogP contribution in [0.5, 0.6) is 0 Å². The summed E-state index contributed by atoms with van der Waals surface area (Å²) in [6, 6.07) is 6.29. The SMILES string of the molecule is CC(C)(CO)NC(=O)C1CC1c1ccc(F)cc1. The Morgan fingerprint density at radius 3 is 2.61 bits per heavy atom. The Kier molecular flexibility index (Phi) is 3.39. The number of benzene rings is 1. The molecule has 0 saturated heterocycles. The lowest BCUT2D eigenvalue weighted by molar-refractivity contribution is -0.124. The molecule has 18 heavy (non-hydrogen) atoms. The van der Waals surface area contributed by atoms with Crippen molar-refractivity contribution in [1.29, 1.82) is 0 Å². The first-order valence-electron chi connectivity index (χ1n) is 6.11. The Bertz CT molecular complexity index is 442. The molecular formula is C14H18FNO2. The summed E-state index contributed by atoms with van der Waals surface area (Å²) in [4.78, 5) is 11.9. The van der Waals surface area contributed by atoms with Crippen LogP contribution in [-0.4, -0.2) is 23.2 Å². The highest BCUT2D eigenvalue weighted by molar-refractivity contribution is 5.83. The highest BCUT2D eigenvalue weighted by Crippen LogP contribution is 2.47. The molecule has 0 heterocycles. The van der Waals surface area contributed by atoms with Crippen molar-refractivity contribution in [2.24, 2.45) is 5.92 Å². The van der Waals surface area contributed by atoms with Gasteiger partial charge in [0.05, 0.1) is 12.1 Å². The van der Waals surface area contributed by atoms with Crippen LogP contribution in [0.4, 0.5) is 4.39 Å². The van der Waals surface area contributed by atoms with Crippen molar-refractivity contribution < 1.29 is 14.3 Å². The number of halogens is 1. The quantitative estimate of drug-likeness (QED) is 0.857. The van der Waals surface area contributed by atoms with Gasteiger partial charge in [-0.1, -0.05) is 12.1 Å². The summed E-state index contributed by atoms with van der Waals surface area (Å²) in [6.07, 6.45) is 0.791. The second kappa shape index (κ2) is 4.69. The molecule has 4 heteroatoms. The first kappa shape index (κ1) is 13.0. The topological polar surface area (TPSA) is 49.3 Å². The number of carbonyl (C=O) groups is 1. The van der Waals surface area contributed by atoms with Crippen molar-refractivity contribution in [3.8, 4) is 0 Å². The predicted molar refractivity (Wildman–Crippen MR) is 66.6 cm³/mol. The largest absolute Gasteiger partial charge is 0.394 e. The van der Waals surface area contributed by atoms with E-state index in [1.54, 1.807) is 26.0 Å². The Hall–Kier alpha value is -1.42. The van der Waals surface area contributed by atoms with Crippen LogP contribution in [0.1, 0.15) is 31.7 Å². The van der Waals surface area contributed by atoms with Gasteiger partial charge in [-0.2, -0.15) is 0 Å². The van der Waals surface area contributed by atoms with Crippen LogP contribution in [0.25, 0.3) is 0 Å². The summed E-state index contributed by atoms with van der Waals surface area (Å²) >= 11 is 0. The predicted octanol–water partition coefficient (Wildman–Crippen LogP) is 1.82. The second-order valence-electron chi connectivity index (χ2n) is 5.53. The van der Waals surface area contributed by atoms with Gasteiger partial charge in [0, 0.05) is 5.92 Å². The van der Waals surface area contributed by atoms with Crippen molar-refractivity contribution >= 4 is 5.91 Å². The molecule has 0 bridgehead atoms. The molecule has 1 aromatic rings. The highest BCUT2D eigenvalue weighted by Gasteiger charge is 2.44. The van der Waals surface area contributed by atoms with Gasteiger partial charge >= 0.3 is 0 Å². The highest BCUT2D eigenvalue weighted by atomic mass is 19.1. The monoisotopic (exact) mass is 251 g/mol. The molecule has 1 saturated carbocycles. The third kappa shape index (κ3) is 2.88. The molecule has 0 spiro atoms. The van der Waals surface area contributed by atoms with E-state index in [0.717, 1.165) is 12.0 Å². The molecule has 2 unspecified atom stereocenters. The smallest absolute Gasteiger partial charge is 0.224 e. The molecule has 1 aromatic carbocycles. The first-order chi connectivity index (χ1) is 8.43. The summed E-state index contributed by atoms with van der Waals surface area (Å²) < 4.78 is 12.8. The van der Waals surface area contributed by atoms with Gasteiger partial charge in [0.2, 0.25) is 5.91 Å². The van der Waals surface area contributed by atoms with Gasteiger partial charge in [0.1, 0.15) is 5.82 Å². The van der Waals surface area contributed by atoms with E-state index < -0.39 is 5.54 Å². The summed E-state index contributed by atoms with van der Waals surface area (Å²) in [5, 5.41) is 11.9. The summed E-state index contributed by atoms with van der Waals surface area (Å²) in [5.74, 6) is -0.174. The Morgan fingerprint density at radius 2 is 2.06 bits per heavy atom. The fourth-order valence-corrected chi connectivity index (χ4v) is 2.03. The van der Waals surface area contributed by atoms with E-state index in [1.807, 2.05) is 0 Å². The number of nitrogens with one attached hydrogen (secondary N) is 1. The van der Waals surface area contributed by atoms with E-state index in [4.69, 9.17) is 5.11 Å². The van der Waals surface area contributed by atoms with Crippen molar-refractivity contribution in [3.05, 3.63) is 35.6 Å². The van der Waals surface area contributed by atoms with Gasteiger partial charge in [-0.3, -0.25) is 4.79 Å². The second-order valence-corrected chi connectivity index (χ2v) is 5.53. The van der Waals surface area contributed by atoms with Crippen LogP contribution in [0.3, 0.4) is 0 Å². The normalized spacial score (nSPS) is 22.7. The van der Waals surface area contributed by atoms with Gasteiger partial charge in [-0.15, -0.1) is 0 Å². The van der Waals surface area contributed by atoms with Gasteiger partial charge in [-0.25, -0.2) is 4.39 Å². The number of hydrogen-bond donors (Lipinski definition) is 2. The number of aliphatic hydroxyl groups excluding tert-OH is 1. The van der Waals surface area contributed by atoms with Gasteiger partial charge in [0.15, 0.2) is 0 Å². The molecule has 3 nitrogen and oxygen atoms in total. The molecule has 2 atom stereocenters. The third-order valence-corrected chi connectivity index (χ3v) is 3.28. The lowest BCUT2D eigenvalue weighted by atomic mass is 10.1. The van der Waals surface area contributed by atoms with Crippen LogP contribution >= 0.6 is 0 Å². The molecule has 2 N–H and O–H groups in total. The van der Waals surface area contributed by atoms with Gasteiger partial charge < -0.3 is 10.4 Å². The minimum Gasteiger partial charge on any atom is -0.394 e. The maximum atomic E-state index is 12.8. The molecule has 0 aromatic heterocycles. The minimum absolute atomic E-state index is 0.0385. The summed E-state index contributed by atoms with van der Waals surface area (Å²) in [5.41, 5.74) is 0.408. The number of amides is 1. The van der Waals surface area contributed by atoms with E-state index in [0.29, 0.717) is 0 Å². The van der Waals surface area contributed by atoms with Crippen molar-refractivity contribution in [2.75, 3.05) is 6.61 Å². The molecular weight excluding hydrogens is 233 g/mol. The van der Waals surface area contributed by atoms with E-state index in [2.05, 4.69) is 5.32 Å². The standard InChI is InChI=1S/C14H18FNO2/c1-14(2,8-17)16-13(18)12-7-11(12)9-3-5-10(15)6-4-9/h3-6,11-12,17H,7-8H2,1-2H3,(H,16,18). The first-order valence-corrected chi connectivity index (χ1v) is 6.11. The average molecular weight is 251 g/mol. The molecule has 98 valence electrons. The Balaban J connectivity index is 1.95. The van der Waals surface area contributed by atoms with E-state index in [1.165, 1.54) is 12.1 Å². The van der Waals surface area contributed by atoms with Crippen molar-refractivity contribution in [3.63, 3.8) is 0 Å². The molecule has 1 aliphatic carbocycles. The van der Waals surface area contributed by atoms with E-state index in [-0.39, 0.29) is 30.2 Å². The zero-order valence-corrected chi connectivity index (χ0v) is 10.6. The lowest BCUT2D eigenvalue weighted by Crippen LogP contribution is -2.47. The molecule has 0 aliphatic heterocycles. The summed E-state index contributed by atoms with van der Waals surface area (Å²) in [6.45, 7) is 3.47. The zero-order valence-electron chi connectivity index (χ0n) is 10.6. The summed E-state index contributed by atoms with van der Waals surface area (Å²) in [7, 11) is 0. The number of rotatable bonds is 4.